The average Bonchev–Trinajstić information content (AvgIpc) is 3.15. The molecule has 32 heavy (non-hydrogen) atoms. The number of carbonyl (C=O) groups excluding carboxylic acids is 2. The molecular weight excluding hydrogens is 545 g/mol. The molecule has 0 aliphatic carbocycles. The second kappa shape index (κ2) is 13.9. The highest BCUT2D eigenvalue weighted by Gasteiger charge is 2.20. The molecule has 11 heteroatoms. The quantitative estimate of drug-likeness (QED) is 0.187. The maximum absolute atomic E-state index is 12.0. The average molecular weight is 575 g/mol. The Morgan fingerprint density at radius 2 is 1.91 bits per heavy atom. The van der Waals surface area contributed by atoms with Gasteiger partial charge in [-0.1, -0.05) is 12.1 Å². The predicted octanol–water partition coefficient (Wildman–Crippen LogP) is 4.24. The Morgan fingerprint density at radius 3 is 2.50 bits per heavy atom. The minimum absolute atomic E-state index is 0. The van der Waals surface area contributed by atoms with Gasteiger partial charge in [0.2, 0.25) is 0 Å². The van der Waals surface area contributed by atoms with Crippen molar-refractivity contribution in [3.63, 3.8) is 0 Å². The number of anilines is 1. The molecule has 9 nitrogen and oxygen atoms in total. The van der Waals surface area contributed by atoms with Gasteiger partial charge in [-0.3, -0.25) is 5.32 Å². The van der Waals surface area contributed by atoms with E-state index in [2.05, 4.69) is 30.7 Å². The van der Waals surface area contributed by atoms with Gasteiger partial charge in [-0.25, -0.2) is 19.6 Å². The topological polar surface area (TPSA) is 114 Å². The molecule has 1 atom stereocenters. The maximum Gasteiger partial charge on any atom is 0.411 e. The lowest BCUT2D eigenvalue weighted by atomic mass is 10.2. The lowest BCUT2D eigenvalue weighted by molar-refractivity contribution is 0.0531. The Morgan fingerprint density at radius 1 is 1.22 bits per heavy atom. The van der Waals surface area contributed by atoms with Crippen LogP contribution in [0.15, 0.2) is 29.3 Å². The zero-order valence-corrected chi connectivity index (χ0v) is 22.0. The van der Waals surface area contributed by atoms with Crippen LogP contribution in [0.4, 0.5) is 10.5 Å². The largest absolute Gasteiger partial charge is 0.462 e. The smallest absolute Gasteiger partial charge is 0.411 e. The number of esters is 1. The van der Waals surface area contributed by atoms with Crippen molar-refractivity contribution in [1.29, 1.82) is 0 Å². The van der Waals surface area contributed by atoms with Gasteiger partial charge in [0, 0.05) is 12.2 Å². The van der Waals surface area contributed by atoms with Gasteiger partial charge in [-0.05, 0) is 45.4 Å². The number of nitrogens with zero attached hydrogens (tertiary/aromatic N) is 2. The summed E-state index contributed by atoms with van der Waals surface area (Å²) >= 11 is 1.32. The van der Waals surface area contributed by atoms with E-state index in [4.69, 9.17) is 4.74 Å². The van der Waals surface area contributed by atoms with Gasteiger partial charge in [0.1, 0.15) is 9.88 Å². The number of thiazole rings is 1. The van der Waals surface area contributed by atoms with Crippen molar-refractivity contribution in [1.82, 2.24) is 15.6 Å². The number of benzene rings is 1. The number of aliphatic imine (C=N–C) groups is 1. The van der Waals surface area contributed by atoms with Gasteiger partial charge >= 0.3 is 12.1 Å². The summed E-state index contributed by atoms with van der Waals surface area (Å²) in [4.78, 5) is 33.0. The highest BCUT2D eigenvalue weighted by molar-refractivity contribution is 14.0. The van der Waals surface area contributed by atoms with E-state index in [0.717, 1.165) is 10.6 Å². The van der Waals surface area contributed by atoms with Gasteiger partial charge in [0.25, 0.3) is 0 Å². The zero-order chi connectivity index (χ0) is 22.8. The second-order valence-corrected chi connectivity index (χ2v) is 7.59. The third kappa shape index (κ3) is 8.26. The molecule has 0 aliphatic rings. The van der Waals surface area contributed by atoms with Crippen LogP contribution in [-0.2, 0) is 16.0 Å². The summed E-state index contributed by atoms with van der Waals surface area (Å²) in [5, 5.41) is 9.93. The molecule has 0 radical (unpaired) electrons. The number of carbonyl (C=O) groups is 2. The van der Waals surface area contributed by atoms with E-state index >= 15 is 0 Å². The van der Waals surface area contributed by atoms with Crippen LogP contribution in [0.5, 0.6) is 0 Å². The van der Waals surface area contributed by atoms with E-state index in [1.54, 1.807) is 26.0 Å². The van der Waals surface area contributed by atoms with Gasteiger partial charge in [0.15, 0.2) is 5.96 Å². The molecule has 0 bridgehead atoms. The monoisotopic (exact) mass is 575 g/mol. The third-order valence-electron chi connectivity index (χ3n) is 4.15. The van der Waals surface area contributed by atoms with Gasteiger partial charge in [-0.15, -0.1) is 35.3 Å². The van der Waals surface area contributed by atoms with Crippen molar-refractivity contribution < 1.29 is 19.1 Å². The Labute approximate surface area is 209 Å². The summed E-state index contributed by atoms with van der Waals surface area (Å²) in [6.07, 6.45) is -0.512. The van der Waals surface area contributed by atoms with Crippen LogP contribution in [0.2, 0.25) is 0 Å². The summed E-state index contributed by atoms with van der Waals surface area (Å²) in [6, 6.07) is 7.21. The highest BCUT2D eigenvalue weighted by atomic mass is 127. The molecule has 0 saturated heterocycles. The number of hydrogen-bond donors (Lipinski definition) is 3. The molecule has 0 spiro atoms. The van der Waals surface area contributed by atoms with Gasteiger partial charge < -0.3 is 20.1 Å². The lowest BCUT2D eigenvalue weighted by Crippen LogP contribution is -2.38. The zero-order valence-electron chi connectivity index (χ0n) is 18.9. The molecule has 0 saturated carbocycles. The van der Waals surface area contributed by atoms with E-state index in [9.17, 15) is 9.59 Å². The Hall–Kier alpha value is -2.41. The Balaban J connectivity index is 0.00000512. The van der Waals surface area contributed by atoms with Crippen molar-refractivity contribution in [2.75, 3.05) is 25.6 Å². The number of methoxy groups -OCH3 is 1. The van der Waals surface area contributed by atoms with Crippen molar-refractivity contribution >= 4 is 59.0 Å². The van der Waals surface area contributed by atoms with Gasteiger partial charge in [0.05, 0.1) is 32.0 Å². The molecule has 2 aromatic rings. The molecule has 1 aromatic heterocycles. The fourth-order valence-corrected chi connectivity index (χ4v) is 3.57. The van der Waals surface area contributed by atoms with Crippen LogP contribution in [0.3, 0.4) is 0 Å². The second-order valence-electron chi connectivity index (χ2n) is 6.56. The number of amides is 1. The Bertz CT molecular complexity index is 917. The first-order chi connectivity index (χ1) is 14.9. The van der Waals surface area contributed by atoms with Crippen LogP contribution in [0, 0.1) is 6.92 Å². The SMILES string of the molecule is CCNC(=NCc1ccc(NC(=O)OC)cc1)NC(C)c1nc(C)c(C(=O)OCC)s1.I. The number of aryl methyl sites for hydroxylation is 1. The van der Waals surface area contributed by atoms with E-state index in [1.807, 2.05) is 26.0 Å². The van der Waals surface area contributed by atoms with Crippen molar-refractivity contribution in [3.8, 4) is 0 Å². The van der Waals surface area contributed by atoms with Crippen LogP contribution in [0.1, 0.15) is 52.7 Å². The fourth-order valence-electron chi connectivity index (χ4n) is 2.61. The third-order valence-corrected chi connectivity index (χ3v) is 5.47. The first-order valence-corrected chi connectivity index (χ1v) is 10.8. The molecular formula is C21H30IN5O4S. The first-order valence-electron chi connectivity index (χ1n) is 10.0. The first kappa shape index (κ1) is 27.6. The molecule has 176 valence electrons. The standard InChI is InChI=1S/C21H29N5O4S.HI/c1-6-22-20(23-12-15-8-10-16(11-9-15)26-21(28)29-5)25-14(4)18-24-13(3)17(31-18)19(27)30-7-2;/h8-11,14H,6-7,12H2,1-5H3,(H,26,28)(H2,22,23,25);1H. The van der Waals surface area contributed by atoms with Crippen LogP contribution in [0.25, 0.3) is 0 Å². The molecule has 2 rings (SSSR count). The van der Waals surface area contributed by atoms with Crippen molar-refractivity contribution in [3.05, 3.63) is 45.4 Å². The summed E-state index contributed by atoms with van der Waals surface area (Å²) < 4.78 is 9.67. The van der Waals surface area contributed by atoms with Crippen molar-refractivity contribution in [2.24, 2.45) is 4.99 Å². The number of halogens is 1. The van der Waals surface area contributed by atoms with E-state index < -0.39 is 6.09 Å². The van der Waals surface area contributed by atoms with Gasteiger partial charge in [-0.2, -0.15) is 0 Å². The molecule has 0 fully saturated rings. The summed E-state index contributed by atoms with van der Waals surface area (Å²) in [7, 11) is 1.32. The normalized spacial score (nSPS) is 11.7. The number of guanidine groups is 1. The van der Waals surface area contributed by atoms with Crippen LogP contribution < -0.4 is 16.0 Å². The van der Waals surface area contributed by atoms with E-state index in [-0.39, 0.29) is 36.0 Å². The number of nitrogens with one attached hydrogen (secondary N) is 3. The predicted molar refractivity (Wildman–Crippen MR) is 137 cm³/mol. The number of ether oxygens (including phenoxy) is 2. The molecule has 1 unspecified atom stereocenters. The lowest BCUT2D eigenvalue weighted by Gasteiger charge is -2.16. The van der Waals surface area contributed by atoms with E-state index in [0.29, 0.717) is 41.9 Å². The van der Waals surface area contributed by atoms with Crippen molar-refractivity contribution in [2.45, 2.75) is 40.3 Å². The minimum atomic E-state index is -0.512. The van der Waals surface area contributed by atoms with Crippen LogP contribution in [-0.4, -0.2) is 43.3 Å². The maximum atomic E-state index is 12.0. The number of aromatic nitrogens is 1. The highest BCUT2D eigenvalue weighted by Crippen LogP contribution is 2.24. The summed E-state index contributed by atoms with van der Waals surface area (Å²) in [5.41, 5.74) is 2.29. The Kier molecular flexibility index (Phi) is 12.0. The number of rotatable bonds is 8. The van der Waals surface area contributed by atoms with Crippen LogP contribution >= 0.6 is 35.3 Å². The molecule has 0 aliphatic heterocycles. The fraction of sp³-hybridized carbons (Fsp3) is 0.429. The molecule has 1 aromatic carbocycles. The summed E-state index contributed by atoms with van der Waals surface area (Å²) in [6.45, 7) is 9.01. The summed E-state index contributed by atoms with van der Waals surface area (Å²) in [5.74, 6) is 0.291. The van der Waals surface area contributed by atoms with E-state index in [1.165, 1.54) is 18.4 Å². The minimum Gasteiger partial charge on any atom is -0.462 e. The number of hydrogen-bond acceptors (Lipinski definition) is 7. The molecule has 1 heterocycles. The molecule has 3 N–H and O–H groups in total. The molecule has 1 amide bonds.